The summed E-state index contributed by atoms with van der Waals surface area (Å²) in [7, 11) is 0. The number of aliphatic carboxylic acids is 1. The van der Waals surface area contributed by atoms with Gasteiger partial charge in [-0.25, -0.2) is 14.8 Å². The number of aromatic amines is 1. The molecule has 3 heterocycles. The minimum Gasteiger partial charge on any atom is -0.475 e. The van der Waals surface area contributed by atoms with Gasteiger partial charge < -0.3 is 25.8 Å². The number of H-pyrrole nitrogens is 1. The number of alkyl halides is 3. The Hall–Kier alpha value is -2.73. The zero-order valence-electron chi connectivity index (χ0n) is 12.6. The quantitative estimate of drug-likeness (QED) is 0.503. The number of carbonyl (C=O) groups is 2. The van der Waals surface area contributed by atoms with Crippen LogP contribution in [0.1, 0.15) is 10.5 Å². The fourth-order valence-corrected chi connectivity index (χ4v) is 1.81. The van der Waals surface area contributed by atoms with E-state index in [4.69, 9.17) is 9.90 Å². The van der Waals surface area contributed by atoms with Gasteiger partial charge in [0.15, 0.2) is 5.65 Å². The number of aliphatic hydroxyl groups is 1. The highest BCUT2D eigenvalue weighted by molar-refractivity contribution is 5.93. The zero-order valence-corrected chi connectivity index (χ0v) is 12.6. The molecule has 0 atom stereocenters. The first-order valence-corrected chi connectivity index (χ1v) is 6.92. The molecule has 136 valence electrons. The standard InChI is InChI=1S/C11H13N5O2.C2HF3O2/c17-10(15-6-11(18)4-12-5-11)8-3-14-9-7(16-8)1-2-13-9;3-2(4,5)1(6)7/h1-3,12,18H,4-6H2,(H,13,14)(H,15,17);(H,6,7). The first-order valence-electron chi connectivity index (χ1n) is 6.92. The molecule has 0 saturated carbocycles. The zero-order chi connectivity index (χ0) is 18.7. The summed E-state index contributed by atoms with van der Waals surface area (Å²) >= 11 is 0. The normalized spacial score (nSPS) is 15.7. The average Bonchev–Trinajstić information content (AvgIpc) is 2.97. The Bertz CT molecular complexity index is 772. The first kappa shape index (κ1) is 18.6. The summed E-state index contributed by atoms with van der Waals surface area (Å²) in [5, 5.41) is 22.6. The van der Waals surface area contributed by atoms with E-state index in [1.165, 1.54) is 6.20 Å². The van der Waals surface area contributed by atoms with Crippen molar-refractivity contribution in [3.05, 3.63) is 24.2 Å². The fourth-order valence-electron chi connectivity index (χ4n) is 1.81. The molecule has 2 aromatic rings. The summed E-state index contributed by atoms with van der Waals surface area (Å²) in [6.45, 7) is 1.21. The third-order valence-corrected chi connectivity index (χ3v) is 3.22. The number of nitrogens with zero attached hydrogens (tertiary/aromatic N) is 2. The van der Waals surface area contributed by atoms with E-state index in [0.717, 1.165) is 0 Å². The number of nitrogens with one attached hydrogen (secondary N) is 3. The van der Waals surface area contributed by atoms with Crippen LogP contribution in [-0.4, -0.2) is 68.5 Å². The predicted octanol–water partition coefficient (Wildman–Crippen LogP) is -0.345. The molecule has 2 aromatic heterocycles. The van der Waals surface area contributed by atoms with Gasteiger partial charge in [-0.1, -0.05) is 0 Å². The van der Waals surface area contributed by atoms with E-state index in [2.05, 4.69) is 25.6 Å². The Morgan fingerprint density at radius 2 is 2.00 bits per heavy atom. The second-order valence-electron chi connectivity index (χ2n) is 5.28. The van der Waals surface area contributed by atoms with E-state index in [0.29, 0.717) is 24.3 Å². The van der Waals surface area contributed by atoms with E-state index >= 15 is 0 Å². The van der Waals surface area contributed by atoms with Gasteiger partial charge >= 0.3 is 12.1 Å². The highest BCUT2D eigenvalue weighted by Crippen LogP contribution is 2.13. The van der Waals surface area contributed by atoms with E-state index in [1.54, 1.807) is 12.3 Å². The number of hydrogen-bond acceptors (Lipinski definition) is 6. The predicted molar refractivity (Wildman–Crippen MR) is 77.7 cm³/mol. The summed E-state index contributed by atoms with van der Waals surface area (Å²) in [6.07, 6.45) is -1.95. The number of hydrogen-bond donors (Lipinski definition) is 5. The van der Waals surface area contributed by atoms with Gasteiger partial charge in [0.1, 0.15) is 16.8 Å². The van der Waals surface area contributed by atoms with Crippen LogP contribution < -0.4 is 10.6 Å². The lowest BCUT2D eigenvalue weighted by Crippen LogP contribution is -2.64. The maximum atomic E-state index is 11.8. The Morgan fingerprint density at radius 1 is 1.36 bits per heavy atom. The number of carboxylic acids is 1. The van der Waals surface area contributed by atoms with Crippen molar-refractivity contribution in [3.8, 4) is 0 Å². The topological polar surface area (TPSA) is 140 Å². The lowest BCUT2D eigenvalue weighted by Gasteiger charge is -2.37. The number of aromatic nitrogens is 3. The van der Waals surface area contributed by atoms with Crippen LogP contribution >= 0.6 is 0 Å². The second kappa shape index (κ2) is 7.03. The molecule has 1 aliphatic heterocycles. The maximum Gasteiger partial charge on any atom is 0.490 e. The molecule has 0 radical (unpaired) electrons. The molecule has 9 nitrogen and oxygen atoms in total. The molecule has 1 amide bonds. The molecule has 1 aliphatic rings. The Morgan fingerprint density at radius 3 is 2.52 bits per heavy atom. The molecule has 1 fully saturated rings. The second-order valence-corrected chi connectivity index (χ2v) is 5.28. The van der Waals surface area contributed by atoms with Gasteiger partial charge in [-0.2, -0.15) is 13.2 Å². The van der Waals surface area contributed by atoms with Crippen molar-refractivity contribution in [1.82, 2.24) is 25.6 Å². The Labute approximate surface area is 138 Å². The van der Waals surface area contributed by atoms with Crippen LogP contribution in [0.4, 0.5) is 13.2 Å². The molecule has 0 aromatic carbocycles. The van der Waals surface area contributed by atoms with E-state index in [1.807, 2.05) is 0 Å². The summed E-state index contributed by atoms with van der Waals surface area (Å²) in [4.78, 5) is 31.9. The smallest absolute Gasteiger partial charge is 0.475 e. The summed E-state index contributed by atoms with van der Waals surface area (Å²) in [5.74, 6) is -3.08. The molecular weight excluding hydrogens is 347 g/mol. The monoisotopic (exact) mass is 361 g/mol. The van der Waals surface area contributed by atoms with Crippen LogP contribution in [0.2, 0.25) is 0 Å². The van der Waals surface area contributed by atoms with Gasteiger partial charge in [-0.05, 0) is 6.07 Å². The van der Waals surface area contributed by atoms with Gasteiger partial charge in [0, 0.05) is 25.8 Å². The first-order chi connectivity index (χ1) is 11.6. The third-order valence-electron chi connectivity index (χ3n) is 3.22. The molecule has 12 heteroatoms. The van der Waals surface area contributed by atoms with Gasteiger partial charge in [-0.15, -0.1) is 0 Å². The van der Waals surface area contributed by atoms with Gasteiger partial charge in [0.05, 0.1) is 6.20 Å². The molecule has 0 unspecified atom stereocenters. The van der Waals surface area contributed by atoms with E-state index < -0.39 is 17.7 Å². The van der Waals surface area contributed by atoms with Crippen LogP contribution in [-0.2, 0) is 4.79 Å². The average molecular weight is 361 g/mol. The third kappa shape index (κ3) is 4.87. The van der Waals surface area contributed by atoms with Crippen molar-refractivity contribution in [3.63, 3.8) is 0 Å². The SMILES string of the molecule is O=C(NCC1(O)CNC1)c1cnc2[nH]ccc2n1.O=C(O)C(F)(F)F. The van der Waals surface area contributed by atoms with Crippen molar-refractivity contribution in [2.45, 2.75) is 11.8 Å². The molecule has 25 heavy (non-hydrogen) atoms. The van der Waals surface area contributed by atoms with Crippen LogP contribution in [0.5, 0.6) is 0 Å². The minimum atomic E-state index is -5.08. The van der Waals surface area contributed by atoms with Crippen molar-refractivity contribution >= 4 is 23.0 Å². The number of amides is 1. The molecule has 5 N–H and O–H groups in total. The van der Waals surface area contributed by atoms with Crippen molar-refractivity contribution in [2.24, 2.45) is 0 Å². The molecule has 0 spiro atoms. The molecular formula is C13H14F3N5O4. The van der Waals surface area contributed by atoms with Crippen molar-refractivity contribution in [2.75, 3.05) is 19.6 Å². The van der Waals surface area contributed by atoms with Crippen LogP contribution in [0.15, 0.2) is 18.5 Å². The van der Waals surface area contributed by atoms with Crippen molar-refractivity contribution in [1.29, 1.82) is 0 Å². The van der Waals surface area contributed by atoms with E-state index in [-0.39, 0.29) is 18.1 Å². The summed E-state index contributed by atoms with van der Waals surface area (Å²) in [6, 6.07) is 1.75. The maximum absolute atomic E-state index is 11.8. The molecule has 0 aliphatic carbocycles. The van der Waals surface area contributed by atoms with Crippen LogP contribution in [0.3, 0.4) is 0 Å². The van der Waals surface area contributed by atoms with Crippen LogP contribution in [0.25, 0.3) is 11.2 Å². The van der Waals surface area contributed by atoms with Gasteiger partial charge in [0.2, 0.25) is 0 Å². The molecule has 0 bridgehead atoms. The lowest BCUT2D eigenvalue weighted by molar-refractivity contribution is -0.192. The highest BCUT2D eigenvalue weighted by Gasteiger charge is 2.38. The summed E-state index contributed by atoms with van der Waals surface area (Å²) in [5.41, 5.74) is 0.708. The molecule has 3 rings (SSSR count). The van der Waals surface area contributed by atoms with Gasteiger partial charge in [-0.3, -0.25) is 4.79 Å². The highest BCUT2D eigenvalue weighted by atomic mass is 19.4. The van der Waals surface area contributed by atoms with Crippen LogP contribution in [0, 0.1) is 0 Å². The number of carboxylic acid groups (broad SMARTS) is 1. The number of fused-ring (bicyclic) bond motifs is 1. The Balaban J connectivity index is 0.000000277. The molecule has 1 saturated heterocycles. The van der Waals surface area contributed by atoms with Gasteiger partial charge in [0.25, 0.3) is 5.91 Å². The number of β-amino-alcohol motifs (C(OH)–C–C–N with tert-alkyl or cyclic N) is 1. The van der Waals surface area contributed by atoms with Crippen molar-refractivity contribution < 1.29 is 33.0 Å². The Kier molecular flexibility index (Phi) is 5.23. The summed E-state index contributed by atoms with van der Waals surface area (Å²) < 4.78 is 31.7. The fraction of sp³-hybridized carbons (Fsp3) is 0.385. The minimum absolute atomic E-state index is 0.214. The lowest BCUT2D eigenvalue weighted by atomic mass is 9.97. The van der Waals surface area contributed by atoms with E-state index in [9.17, 15) is 23.1 Å². The number of carbonyl (C=O) groups excluding carboxylic acids is 1. The number of halogens is 3. The largest absolute Gasteiger partial charge is 0.490 e. The number of rotatable bonds is 3.